The molecule has 3 unspecified atom stereocenters. The molecule has 2 aliphatic heterocycles. The number of piperidine rings is 2. The summed E-state index contributed by atoms with van der Waals surface area (Å²) in [5.41, 5.74) is 1.45. The Morgan fingerprint density at radius 2 is 2.06 bits per heavy atom. The average molecular weight is 244 g/mol. The SMILES string of the molecule is CC1CCNC2CCN(Cc3ccccc3)CC12. The van der Waals surface area contributed by atoms with Gasteiger partial charge in [0.25, 0.3) is 0 Å². The van der Waals surface area contributed by atoms with Crippen LogP contribution in [0.25, 0.3) is 0 Å². The van der Waals surface area contributed by atoms with E-state index in [0.29, 0.717) is 0 Å². The van der Waals surface area contributed by atoms with Crippen molar-refractivity contribution in [2.45, 2.75) is 32.4 Å². The molecule has 3 atom stereocenters. The molecule has 2 aliphatic rings. The topological polar surface area (TPSA) is 15.3 Å². The third kappa shape index (κ3) is 2.60. The van der Waals surface area contributed by atoms with Gasteiger partial charge in [0.2, 0.25) is 0 Å². The van der Waals surface area contributed by atoms with E-state index in [0.717, 1.165) is 24.4 Å². The smallest absolute Gasteiger partial charge is 0.0233 e. The van der Waals surface area contributed by atoms with Gasteiger partial charge in [-0.15, -0.1) is 0 Å². The van der Waals surface area contributed by atoms with E-state index in [1.807, 2.05) is 0 Å². The Kier molecular flexibility index (Phi) is 3.67. The standard InChI is InChI=1S/C16H24N2/c1-13-7-9-17-16-8-10-18(12-15(13)16)11-14-5-3-2-4-6-14/h2-6,13,15-17H,7-12H2,1H3. The number of hydrogen-bond donors (Lipinski definition) is 1. The second-order valence-corrected chi connectivity index (χ2v) is 6.00. The van der Waals surface area contributed by atoms with E-state index in [1.165, 1.54) is 38.0 Å². The Labute approximate surface area is 110 Å². The summed E-state index contributed by atoms with van der Waals surface area (Å²) in [6.45, 7) is 7.30. The highest BCUT2D eigenvalue weighted by Crippen LogP contribution is 2.30. The minimum absolute atomic E-state index is 0.778. The highest BCUT2D eigenvalue weighted by Gasteiger charge is 2.34. The van der Waals surface area contributed by atoms with Crippen molar-refractivity contribution >= 4 is 0 Å². The lowest BCUT2D eigenvalue weighted by molar-refractivity contribution is 0.0746. The van der Waals surface area contributed by atoms with Crippen molar-refractivity contribution in [3.05, 3.63) is 35.9 Å². The van der Waals surface area contributed by atoms with Gasteiger partial charge in [-0.3, -0.25) is 4.90 Å². The van der Waals surface area contributed by atoms with Gasteiger partial charge in [-0.2, -0.15) is 0 Å². The molecule has 18 heavy (non-hydrogen) atoms. The summed E-state index contributed by atoms with van der Waals surface area (Å²) >= 11 is 0. The maximum Gasteiger partial charge on any atom is 0.0233 e. The molecule has 2 fully saturated rings. The zero-order valence-corrected chi connectivity index (χ0v) is 11.3. The van der Waals surface area contributed by atoms with Gasteiger partial charge in [0.15, 0.2) is 0 Å². The first-order valence-corrected chi connectivity index (χ1v) is 7.32. The lowest BCUT2D eigenvalue weighted by Gasteiger charge is -2.45. The molecule has 1 aromatic carbocycles. The van der Waals surface area contributed by atoms with Gasteiger partial charge in [-0.05, 0) is 43.3 Å². The van der Waals surface area contributed by atoms with Gasteiger partial charge in [0.05, 0.1) is 0 Å². The normalized spacial score (nSPS) is 33.1. The van der Waals surface area contributed by atoms with Gasteiger partial charge < -0.3 is 5.32 Å². The molecule has 1 N–H and O–H groups in total. The van der Waals surface area contributed by atoms with Gasteiger partial charge in [0.1, 0.15) is 0 Å². The van der Waals surface area contributed by atoms with E-state index in [-0.39, 0.29) is 0 Å². The van der Waals surface area contributed by atoms with Crippen LogP contribution in [-0.2, 0) is 6.54 Å². The number of nitrogens with zero attached hydrogens (tertiary/aromatic N) is 1. The maximum atomic E-state index is 3.71. The van der Waals surface area contributed by atoms with Gasteiger partial charge >= 0.3 is 0 Å². The molecule has 0 aliphatic carbocycles. The third-order valence-corrected chi connectivity index (χ3v) is 4.73. The van der Waals surface area contributed by atoms with Crippen LogP contribution in [0.5, 0.6) is 0 Å². The molecular weight excluding hydrogens is 220 g/mol. The number of benzene rings is 1. The van der Waals surface area contributed by atoms with E-state index in [1.54, 1.807) is 0 Å². The molecule has 0 spiro atoms. The van der Waals surface area contributed by atoms with E-state index in [2.05, 4.69) is 47.5 Å². The molecule has 0 radical (unpaired) electrons. The quantitative estimate of drug-likeness (QED) is 0.860. The van der Waals surface area contributed by atoms with Crippen LogP contribution in [0.2, 0.25) is 0 Å². The molecule has 0 saturated carbocycles. The zero-order chi connectivity index (χ0) is 12.4. The van der Waals surface area contributed by atoms with Crippen LogP contribution in [0.1, 0.15) is 25.3 Å². The van der Waals surface area contributed by atoms with Crippen LogP contribution in [0.15, 0.2) is 30.3 Å². The van der Waals surface area contributed by atoms with Crippen molar-refractivity contribution in [1.82, 2.24) is 10.2 Å². The summed E-state index contributed by atoms with van der Waals surface area (Å²) in [6, 6.07) is 11.7. The molecular formula is C16H24N2. The van der Waals surface area contributed by atoms with Crippen LogP contribution in [0.3, 0.4) is 0 Å². The first kappa shape index (κ1) is 12.2. The Hall–Kier alpha value is -0.860. The molecule has 2 nitrogen and oxygen atoms in total. The minimum atomic E-state index is 0.778. The summed E-state index contributed by atoms with van der Waals surface area (Å²) in [4.78, 5) is 2.64. The fourth-order valence-electron chi connectivity index (χ4n) is 3.58. The van der Waals surface area contributed by atoms with E-state index < -0.39 is 0 Å². The van der Waals surface area contributed by atoms with Crippen LogP contribution in [0.4, 0.5) is 0 Å². The first-order valence-electron chi connectivity index (χ1n) is 7.32. The number of fused-ring (bicyclic) bond motifs is 1. The average Bonchev–Trinajstić information content (AvgIpc) is 2.41. The largest absolute Gasteiger partial charge is 0.314 e. The summed E-state index contributed by atoms with van der Waals surface area (Å²) in [6.07, 6.45) is 2.67. The van der Waals surface area contributed by atoms with Crippen LogP contribution >= 0.6 is 0 Å². The highest BCUT2D eigenvalue weighted by atomic mass is 15.2. The van der Waals surface area contributed by atoms with Crippen molar-refractivity contribution in [1.29, 1.82) is 0 Å². The number of nitrogens with one attached hydrogen (secondary N) is 1. The third-order valence-electron chi connectivity index (χ3n) is 4.73. The summed E-state index contributed by atoms with van der Waals surface area (Å²) in [5.74, 6) is 1.74. The number of hydrogen-bond acceptors (Lipinski definition) is 2. The Morgan fingerprint density at radius 1 is 1.22 bits per heavy atom. The Balaban J connectivity index is 1.62. The molecule has 0 aromatic heterocycles. The van der Waals surface area contributed by atoms with Crippen LogP contribution < -0.4 is 5.32 Å². The maximum absolute atomic E-state index is 3.71. The lowest BCUT2D eigenvalue weighted by atomic mass is 9.78. The highest BCUT2D eigenvalue weighted by molar-refractivity contribution is 5.14. The second-order valence-electron chi connectivity index (χ2n) is 6.00. The first-order chi connectivity index (χ1) is 8.83. The number of rotatable bonds is 2. The molecule has 2 heterocycles. The molecule has 2 heteroatoms. The van der Waals surface area contributed by atoms with Crippen molar-refractivity contribution in [2.24, 2.45) is 11.8 Å². The van der Waals surface area contributed by atoms with Crippen molar-refractivity contribution in [2.75, 3.05) is 19.6 Å². The summed E-state index contributed by atoms with van der Waals surface area (Å²) in [7, 11) is 0. The molecule has 98 valence electrons. The summed E-state index contributed by atoms with van der Waals surface area (Å²) in [5, 5.41) is 3.71. The van der Waals surface area contributed by atoms with Gasteiger partial charge in [-0.25, -0.2) is 0 Å². The fraction of sp³-hybridized carbons (Fsp3) is 0.625. The van der Waals surface area contributed by atoms with E-state index in [4.69, 9.17) is 0 Å². The molecule has 3 rings (SSSR count). The lowest BCUT2D eigenvalue weighted by Crippen LogP contribution is -2.54. The predicted molar refractivity (Wildman–Crippen MR) is 75.4 cm³/mol. The molecule has 0 bridgehead atoms. The minimum Gasteiger partial charge on any atom is -0.314 e. The van der Waals surface area contributed by atoms with Gasteiger partial charge in [0, 0.05) is 19.1 Å². The molecule has 0 amide bonds. The Morgan fingerprint density at radius 3 is 2.89 bits per heavy atom. The molecule has 1 aromatic rings. The van der Waals surface area contributed by atoms with Gasteiger partial charge in [-0.1, -0.05) is 37.3 Å². The zero-order valence-electron chi connectivity index (χ0n) is 11.3. The summed E-state index contributed by atoms with van der Waals surface area (Å²) < 4.78 is 0. The second kappa shape index (κ2) is 5.41. The van der Waals surface area contributed by atoms with E-state index in [9.17, 15) is 0 Å². The fourth-order valence-corrected chi connectivity index (χ4v) is 3.58. The monoisotopic (exact) mass is 244 g/mol. The van der Waals surface area contributed by atoms with E-state index >= 15 is 0 Å². The Bertz CT molecular complexity index is 376. The number of likely N-dealkylation sites (tertiary alicyclic amines) is 1. The van der Waals surface area contributed by atoms with Crippen molar-refractivity contribution in [3.8, 4) is 0 Å². The van der Waals surface area contributed by atoms with Crippen LogP contribution in [-0.4, -0.2) is 30.6 Å². The van der Waals surface area contributed by atoms with Crippen molar-refractivity contribution in [3.63, 3.8) is 0 Å². The molecule has 2 saturated heterocycles. The predicted octanol–water partition coefficient (Wildman–Crippen LogP) is 2.51. The van der Waals surface area contributed by atoms with Crippen LogP contribution in [0, 0.1) is 11.8 Å². The van der Waals surface area contributed by atoms with Crippen molar-refractivity contribution < 1.29 is 0 Å².